The number of benzene rings is 1. The summed E-state index contributed by atoms with van der Waals surface area (Å²) in [6.07, 6.45) is 4.01. The van der Waals surface area contributed by atoms with Crippen LogP contribution in [0.1, 0.15) is 24.5 Å². The van der Waals surface area contributed by atoms with E-state index in [2.05, 4.69) is 11.9 Å². The highest BCUT2D eigenvalue weighted by atomic mass is 35.5. The van der Waals surface area contributed by atoms with Crippen LogP contribution in [0.5, 0.6) is 0 Å². The van der Waals surface area contributed by atoms with Crippen LogP contribution < -0.4 is 0 Å². The Balaban J connectivity index is 2.02. The lowest BCUT2D eigenvalue weighted by atomic mass is 9.92. The van der Waals surface area contributed by atoms with E-state index in [0.717, 1.165) is 42.5 Å². The number of hydrogen-bond acceptors (Lipinski definition) is 2. The van der Waals surface area contributed by atoms with Gasteiger partial charge in [0.2, 0.25) is 0 Å². The fourth-order valence-corrected chi connectivity index (χ4v) is 3.31. The van der Waals surface area contributed by atoms with Gasteiger partial charge in [0.1, 0.15) is 5.76 Å². The number of halogens is 2. The minimum atomic E-state index is 0.470. The predicted molar refractivity (Wildman–Crippen MR) is 75.7 cm³/mol. The molecule has 1 saturated heterocycles. The molecular formula is C14H15Cl2NO. The first-order valence-electron chi connectivity index (χ1n) is 6.20. The van der Waals surface area contributed by atoms with E-state index in [1.165, 1.54) is 0 Å². The molecule has 0 bridgehead atoms. The van der Waals surface area contributed by atoms with Gasteiger partial charge in [0.25, 0.3) is 0 Å². The summed E-state index contributed by atoms with van der Waals surface area (Å²) in [5.74, 6) is 1.50. The fraction of sp³-hybridized carbons (Fsp3) is 0.429. The molecule has 18 heavy (non-hydrogen) atoms. The maximum atomic E-state index is 6.30. The van der Waals surface area contributed by atoms with E-state index >= 15 is 0 Å². The molecule has 4 heteroatoms. The molecule has 0 aliphatic carbocycles. The van der Waals surface area contributed by atoms with Gasteiger partial charge < -0.3 is 9.32 Å². The van der Waals surface area contributed by atoms with Crippen molar-refractivity contribution in [3.63, 3.8) is 0 Å². The van der Waals surface area contributed by atoms with E-state index in [-0.39, 0.29) is 0 Å². The maximum Gasteiger partial charge on any atom is 0.116 e. The first-order chi connectivity index (χ1) is 8.65. The maximum absolute atomic E-state index is 6.30. The van der Waals surface area contributed by atoms with E-state index < -0.39 is 0 Å². The van der Waals surface area contributed by atoms with Crippen LogP contribution in [-0.2, 0) is 0 Å². The molecule has 0 atom stereocenters. The van der Waals surface area contributed by atoms with Crippen LogP contribution in [0.4, 0.5) is 0 Å². The highest BCUT2D eigenvalue weighted by Crippen LogP contribution is 2.38. The molecule has 2 heterocycles. The summed E-state index contributed by atoms with van der Waals surface area (Å²) in [6, 6.07) is 3.70. The van der Waals surface area contributed by atoms with Crippen LogP contribution in [0, 0.1) is 0 Å². The summed E-state index contributed by atoms with van der Waals surface area (Å²) in [5.41, 5.74) is 0. The first-order valence-corrected chi connectivity index (χ1v) is 6.95. The number of fused-ring (bicyclic) bond motifs is 1. The molecule has 1 aromatic carbocycles. The Hall–Kier alpha value is -0.700. The minimum Gasteiger partial charge on any atom is -0.468 e. The lowest BCUT2D eigenvalue weighted by molar-refractivity contribution is 0.241. The normalized spacial score (nSPS) is 18.6. The van der Waals surface area contributed by atoms with Crippen molar-refractivity contribution < 1.29 is 4.42 Å². The average molecular weight is 284 g/mol. The second-order valence-corrected chi connectivity index (χ2v) is 5.87. The molecule has 1 fully saturated rings. The standard InChI is InChI=1S/C14H15Cl2NO/c1-17-4-2-9(3-5-17)14-13-10(8-18-14)6-11(15)7-12(13)16/h6-9H,2-5H2,1H3. The topological polar surface area (TPSA) is 16.4 Å². The summed E-state index contributed by atoms with van der Waals surface area (Å²) in [6.45, 7) is 2.22. The Morgan fingerprint density at radius 3 is 2.67 bits per heavy atom. The van der Waals surface area contributed by atoms with Crippen LogP contribution in [0.25, 0.3) is 10.8 Å². The van der Waals surface area contributed by atoms with Gasteiger partial charge in [0.05, 0.1) is 11.3 Å². The lowest BCUT2D eigenvalue weighted by Crippen LogP contribution is -2.29. The van der Waals surface area contributed by atoms with Gasteiger partial charge in [-0.3, -0.25) is 0 Å². The Morgan fingerprint density at radius 1 is 1.22 bits per heavy atom. The van der Waals surface area contributed by atoms with Crippen molar-refractivity contribution in [3.8, 4) is 0 Å². The van der Waals surface area contributed by atoms with Crippen molar-refractivity contribution in [2.45, 2.75) is 18.8 Å². The molecule has 3 rings (SSSR count). The van der Waals surface area contributed by atoms with Crippen molar-refractivity contribution >= 4 is 34.0 Å². The highest BCUT2D eigenvalue weighted by molar-refractivity contribution is 6.38. The highest BCUT2D eigenvalue weighted by Gasteiger charge is 2.24. The number of nitrogens with zero attached hydrogens (tertiary/aromatic N) is 1. The molecule has 0 spiro atoms. The van der Waals surface area contributed by atoms with Gasteiger partial charge in [-0.15, -0.1) is 0 Å². The van der Waals surface area contributed by atoms with E-state index in [9.17, 15) is 0 Å². The molecule has 1 aromatic heterocycles. The monoisotopic (exact) mass is 283 g/mol. The first kappa shape index (κ1) is 12.3. The van der Waals surface area contributed by atoms with Crippen molar-refractivity contribution in [1.82, 2.24) is 4.90 Å². The Labute approximate surface area is 116 Å². The lowest BCUT2D eigenvalue weighted by Gasteiger charge is -2.27. The zero-order chi connectivity index (χ0) is 12.7. The number of rotatable bonds is 1. The molecule has 0 unspecified atom stereocenters. The van der Waals surface area contributed by atoms with E-state index in [4.69, 9.17) is 27.6 Å². The molecule has 0 saturated carbocycles. The summed E-state index contributed by atoms with van der Waals surface area (Å²) in [7, 11) is 2.16. The van der Waals surface area contributed by atoms with E-state index in [1.807, 2.05) is 6.07 Å². The van der Waals surface area contributed by atoms with Crippen LogP contribution in [0.2, 0.25) is 10.0 Å². The van der Waals surface area contributed by atoms with Crippen LogP contribution in [0.3, 0.4) is 0 Å². The van der Waals surface area contributed by atoms with Crippen LogP contribution >= 0.6 is 23.2 Å². The zero-order valence-electron chi connectivity index (χ0n) is 10.2. The van der Waals surface area contributed by atoms with Gasteiger partial charge in [0, 0.05) is 21.7 Å². The summed E-state index contributed by atoms with van der Waals surface area (Å²) < 4.78 is 5.76. The summed E-state index contributed by atoms with van der Waals surface area (Å²) >= 11 is 12.3. The minimum absolute atomic E-state index is 0.470. The van der Waals surface area contributed by atoms with E-state index in [0.29, 0.717) is 16.0 Å². The Morgan fingerprint density at radius 2 is 1.94 bits per heavy atom. The van der Waals surface area contributed by atoms with Crippen molar-refractivity contribution in [2.75, 3.05) is 20.1 Å². The molecule has 1 aliphatic rings. The van der Waals surface area contributed by atoms with Gasteiger partial charge in [-0.2, -0.15) is 0 Å². The van der Waals surface area contributed by atoms with Gasteiger partial charge in [-0.05, 0) is 45.1 Å². The fourth-order valence-electron chi connectivity index (χ4n) is 2.70. The van der Waals surface area contributed by atoms with Crippen LogP contribution in [0.15, 0.2) is 22.8 Å². The summed E-state index contributed by atoms with van der Waals surface area (Å²) in [5, 5.41) is 3.39. The molecule has 1 aliphatic heterocycles. The van der Waals surface area contributed by atoms with Crippen molar-refractivity contribution in [2.24, 2.45) is 0 Å². The third-order valence-electron chi connectivity index (χ3n) is 3.73. The Kier molecular flexibility index (Phi) is 3.27. The molecular weight excluding hydrogens is 269 g/mol. The quantitative estimate of drug-likeness (QED) is 0.764. The second kappa shape index (κ2) is 4.76. The summed E-state index contributed by atoms with van der Waals surface area (Å²) in [4.78, 5) is 2.35. The molecule has 96 valence electrons. The van der Waals surface area contributed by atoms with Gasteiger partial charge >= 0.3 is 0 Å². The second-order valence-electron chi connectivity index (χ2n) is 5.03. The van der Waals surface area contributed by atoms with Gasteiger partial charge in [0.15, 0.2) is 0 Å². The van der Waals surface area contributed by atoms with Crippen molar-refractivity contribution in [1.29, 1.82) is 0 Å². The van der Waals surface area contributed by atoms with Crippen LogP contribution in [-0.4, -0.2) is 25.0 Å². The number of likely N-dealkylation sites (tertiary alicyclic amines) is 1. The third-order valence-corrected chi connectivity index (χ3v) is 4.25. The third kappa shape index (κ3) is 2.13. The molecule has 2 nitrogen and oxygen atoms in total. The molecule has 0 amide bonds. The molecule has 0 radical (unpaired) electrons. The molecule has 2 aromatic rings. The smallest absolute Gasteiger partial charge is 0.116 e. The van der Waals surface area contributed by atoms with Gasteiger partial charge in [-0.25, -0.2) is 0 Å². The number of piperidine rings is 1. The van der Waals surface area contributed by atoms with Crippen molar-refractivity contribution in [3.05, 3.63) is 34.2 Å². The zero-order valence-corrected chi connectivity index (χ0v) is 11.8. The Bertz CT molecular complexity index is 570. The number of furan rings is 1. The predicted octanol–water partition coefficient (Wildman–Crippen LogP) is 4.55. The van der Waals surface area contributed by atoms with E-state index in [1.54, 1.807) is 12.3 Å². The average Bonchev–Trinajstić information content (AvgIpc) is 2.74. The number of hydrogen-bond donors (Lipinski definition) is 0. The largest absolute Gasteiger partial charge is 0.468 e. The molecule has 0 N–H and O–H groups in total. The SMILES string of the molecule is CN1CCC(c2occ3cc(Cl)cc(Cl)c23)CC1. The van der Waals surface area contributed by atoms with Gasteiger partial charge in [-0.1, -0.05) is 23.2 Å².